The van der Waals surface area contributed by atoms with Crippen LogP contribution in [-0.2, 0) is 17.5 Å². The fourth-order valence-electron chi connectivity index (χ4n) is 5.39. The van der Waals surface area contributed by atoms with Crippen molar-refractivity contribution in [3.63, 3.8) is 0 Å². The van der Waals surface area contributed by atoms with E-state index in [1.165, 1.54) is 16.9 Å². The van der Waals surface area contributed by atoms with E-state index in [9.17, 15) is 31.9 Å². The normalized spacial score (nSPS) is 13.9. The maximum absolute atomic E-state index is 14.0. The average molecular weight is 643 g/mol. The van der Waals surface area contributed by atoms with Crippen LogP contribution in [0.2, 0.25) is 0 Å². The molecule has 0 spiro atoms. The van der Waals surface area contributed by atoms with Gasteiger partial charge in [-0.1, -0.05) is 54.9 Å². The summed E-state index contributed by atoms with van der Waals surface area (Å²) in [5.41, 5.74) is 1.27. The molecule has 3 aromatic carbocycles. The average Bonchev–Trinajstić information content (AvgIpc) is 3.41. The zero-order chi connectivity index (χ0) is 32.1. The summed E-state index contributed by atoms with van der Waals surface area (Å²) in [7, 11) is 0. The first-order valence-corrected chi connectivity index (χ1v) is 15.2. The Hall–Kier alpha value is -4.52. The number of carboxylic acid groups (broad SMARTS) is 1. The van der Waals surface area contributed by atoms with Gasteiger partial charge in [-0.05, 0) is 60.2 Å². The lowest BCUT2D eigenvalue weighted by Crippen LogP contribution is -2.34. The topological polar surface area (TPSA) is 112 Å². The van der Waals surface area contributed by atoms with Crippen molar-refractivity contribution in [3.05, 3.63) is 88.7 Å². The molecule has 4 aromatic rings. The van der Waals surface area contributed by atoms with Crippen molar-refractivity contribution >= 4 is 50.3 Å². The van der Waals surface area contributed by atoms with Crippen LogP contribution in [0.3, 0.4) is 0 Å². The number of anilines is 2. The predicted octanol–water partition coefficient (Wildman–Crippen LogP) is 7.95. The van der Waals surface area contributed by atoms with Crippen molar-refractivity contribution in [1.29, 1.82) is 0 Å². The number of fused-ring (bicyclic) bond motifs is 1. The summed E-state index contributed by atoms with van der Waals surface area (Å²) in [6, 6.07) is 14.6. The Morgan fingerprint density at radius 1 is 0.978 bits per heavy atom. The number of alkyl halides is 3. The molecule has 3 amide bonds. The van der Waals surface area contributed by atoms with Gasteiger partial charge in [0.1, 0.15) is 5.82 Å². The van der Waals surface area contributed by atoms with E-state index >= 15 is 0 Å². The number of aliphatic carboxylic acids is 1. The van der Waals surface area contributed by atoms with Crippen LogP contribution in [0.25, 0.3) is 10.2 Å². The van der Waals surface area contributed by atoms with Gasteiger partial charge in [-0.2, -0.15) is 13.2 Å². The second-order valence-corrected chi connectivity index (χ2v) is 11.9. The van der Waals surface area contributed by atoms with Crippen molar-refractivity contribution in [1.82, 2.24) is 10.3 Å². The molecule has 5 rings (SSSR count). The number of nitrogens with one attached hydrogen (secondary N) is 2. The Morgan fingerprint density at radius 3 is 2.31 bits per heavy atom. The SMILES string of the molecule is O=C(O)CCNC(=O)c1ccc(CN(C(=O)Nc2nc3cc(F)cc(C(F)(F)F)c3s2)c2ccc(C3CCCCC3)cc2)cc1. The molecule has 1 aliphatic rings. The molecule has 236 valence electrons. The third kappa shape index (κ3) is 7.96. The highest BCUT2D eigenvalue weighted by Crippen LogP contribution is 2.40. The Balaban J connectivity index is 1.39. The van der Waals surface area contributed by atoms with Gasteiger partial charge in [0.05, 0.1) is 28.7 Å². The zero-order valence-corrected chi connectivity index (χ0v) is 24.8. The minimum atomic E-state index is -4.81. The van der Waals surface area contributed by atoms with Crippen LogP contribution in [0, 0.1) is 5.82 Å². The maximum Gasteiger partial charge on any atom is 0.417 e. The number of hydrogen-bond donors (Lipinski definition) is 3. The highest BCUT2D eigenvalue weighted by molar-refractivity contribution is 7.22. The largest absolute Gasteiger partial charge is 0.481 e. The van der Waals surface area contributed by atoms with Crippen molar-refractivity contribution in [2.75, 3.05) is 16.8 Å². The van der Waals surface area contributed by atoms with Crippen molar-refractivity contribution < 1.29 is 37.1 Å². The van der Waals surface area contributed by atoms with Gasteiger partial charge >= 0.3 is 18.2 Å². The van der Waals surface area contributed by atoms with Crippen LogP contribution in [0.5, 0.6) is 0 Å². The Labute approximate surface area is 260 Å². The fraction of sp³-hybridized carbons (Fsp3) is 0.312. The Morgan fingerprint density at radius 2 is 1.67 bits per heavy atom. The highest BCUT2D eigenvalue weighted by atomic mass is 32.1. The molecule has 1 aliphatic carbocycles. The molecule has 0 bridgehead atoms. The monoisotopic (exact) mass is 642 g/mol. The molecule has 8 nitrogen and oxygen atoms in total. The standard InChI is InChI=1S/C32H30F4N4O4S/c33-23-16-25(32(34,35)36)28-26(17-23)38-30(45-28)39-31(44)40(24-12-10-21(11-13-24)20-4-2-1-3-5-20)18-19-6-8-22(9-7-19)29(43)37-15-14-27(41)42/h6-13,16-17,20H,1-5,14-15,18H2,(H,37,43)(H,41,42)(H,38,39,44). The lowest BCUT2D eigenvalue weighted by Gasteiger charge is -2.25. The van der Waals surface area contributed by atoms with Gasteiger partial charge in [0, 0.05) is 23.9 Å². The summed E-state index contributed by atoms with van der Waals surface area (Å²) >= 11 is 0.604. The number of carbonyl (C=O) groups excluding carboxylic acids is 2. The van der Waals surface area contributed by atoms with Gasteiger partial charge in [0.2, 0.25) is 0 Å². The molecule has 1 fully saturated rings. The zero-order valence-electron chi connectivity index (χ0n) is 24.0. The molecular formula is C32H30F4N4O4S. The molecule has 1 saturated carbocycles. The van der Waals surface area contributed by atoms with Crippen LogP contribution >= 0.6 is 11.3 Å². The third-order valence-electron chi connectivity index (χ3n) is 7.68. The number of thiazole rings is 1. The lowest BCUT2D eigenvalue weighted by atomic mass is 9.84. The first-order valence-electron chi connectivity index (χ1n) is 14.4. The smallest absolute Gasteiger partial charge is 0.417 e. The number of carboxylic acids is 1. The van der Waals surface area contributed by atoms with Gasteiger partial charge in [-0.25, -0.2) is 14.2 Å². The minimum absolute atomic E-state index is 0.0242. The number of halogens is 4. The quantitative estimate of drug-likeness (QED) is 0.161. The van der Waals surface area contributed by atoms with Crippen LogP contribution < -0.4 is 15.5 Å². The number of benzene rings is 3. The number of nitrogens with zero attached hydrogens (tertiary/aromatic N) is 2. The number of urea groups is 1. The van der Waals surface area contributed by atoms with Gasteiger partial charge < -0.3 is 10.4 Å². The highest BCUT2D eigenvalue weighted by Gasteiger charge is 2.35. The molecule has 0 saturated heterocycles. The van der Waals surface area contributed by atoms with E-state index < -0.39 is 35.5 Å². The van der Waals surface area contributed by atoms with Gasteiger partial charge in [-0.3, -0.25) is 19.8 Å². The van der Waals surface area contributed by atoms with E-state index in [4.69, 9.17) is 5.11 Å². The van der Waals surface area contributed by atoms with E-state index in [2.05, 4.69) is 15.6 Å². The van der Waals surface area contributed by atoms with Gasteiger partial charge in [0.15, 0.2) is 5.13 Å². The Kier molecular flexibility index (Phi) is 9.66. The minimum Gasteiger partial charge on any atom is -0.481 e. The fourth-order valence-corrected chi connectivity index (χ4v) is 6.36. The molecule has 45 heavy (non-hydrogen) atoms. The molecule has 1 heterocycles. The van der Waals surface area contributed by atoms with E-state index in [1.807, 2.05) is 24.3 Å². The van der Waals surface area contributed by atoms with Crippen molar-refractivity contribution in [2.24, 2.45) is 0 Å². The van der Waals surface area contributed by atoms with Crippen LogP contribution in [0.1, 0.15) is 71.5 Å². The summed E-state index contributed by atoms with van der Waals surface area (Å²) in [5, 5.41) is 13.8. The van der Waals surface area contributed by atoms with Crippen molar-refractivity contribution in [2.45, 2.75) is 57.2 Å². The predicted molar refractivity (Wildman–Crippen MR) is 163 cm³/mol. The molecule has 1 aromatic heterocycles. The summed E-state index contributed by atoms with van der Waals surface area (Å²) in [6.07, 6.45) is 0.714. The summed E-state index contributed by atoms with van der Waals surface area (Å²) in [6.45, 7) is 0.0203. The second kappa shape index (κ2) is 13.6. The van der Waals surface area contributed by atoms with Crippen molar-refractivity contribution in [3.8, 4) is 0 Å². The first-order chi connectivity index (χ1) is 21.5. The molecule has 13 heteroatoms. The van der Waals surface area contributed by atoms with Crippen LogP contribution in [0.15, 0.2) is 60.7 Å². The number of amides is 3. The van der Waals surface area contributed by atoms with Gasteiger partial charge in [0.25, 0.3) is 5.91 Å². The van der Waals surface area contributed by atoms with E-state index in [0.717, 1.165) is 31.7 Å². The first kappa shape index (κ1) is 31.9. The summed E-state index contributed by atoms with van der Waals surface area (Å²) in [5.74, 6) is -2.12. The molecule has 3 N–H and O–H groups in total. The van der Waals surface area contributed by atoms with Crippen LogP contribution in [-0.4, -0.2) is 34.5 Å². The molecule has 0 aliphatic heterocycles. The maximum atomic E-state index is 14.0. The van der Waals surface area contributed by atoms with E-state index in [0.29, 0.717) is 40.1 Å². The molecule has 0 unspecified atom stereocenters. The van der Waals surface area contributed by atoms with Gasteiger partial charge in [-0.15, -0.1) is 0 Å². The summed E-state index contributed by atoms with van der Waals surface area (Å²) < 4.78 is 54.4. The third-order valence-corrected chi connectivity index (χ3v) is 8.70. The van der Waals surface area contributed by atoms with Crippen LogP contribution in [0.4, 0.5) is 33.2 Å². The lowest BCUT2D eigenvalue weighted by molar-refractivity contribution is -0.137. The number of carbonyl (C=O) groups is 3. The van der Waals surface area contributed by atoms with E-state index in [-0.39, 0.29) is 34.9 Å². The molecular weight excluding hydrogens is 612 g/mol. The molecule has 0 radical (unpaired) electrons. The second-order valence-electron chi connectivity index (χ2n) is 10.9. The Bertz CT molecular complexity index is 1680. The van der Waals surface area contributed by atoms with E-state index in [1.54, 1.807) is 24.3 Å². The summed E-state index contributed by atoms with van der Waals surface area (Å²) in [4.78, 5) is 42.2. The number of rotatable bonds is 9. The number of aromatic nitrogens is 1. The number of hydrogen-bond acceptors (Lipinski definition) is 5. The molecule has 0 atom stereocenters.